The summed E-state index contributed by atoms with van der Waals surface area (Å²) in [5.41, 5.74) is 3.47. The van der Waals surface area contributed by atoms with Crippen molar-refractivity contribution in [2.24, 2.45) is 0 Å². The summed E-state index contributed by atoms with van der Waals surface area (Å²) >= 11 is 2.21. The Labute approximate surface area is 138 Å². The second-order valence-electron chi connectivity index (χ2n) is 4.91. The molecule has 2 rings (SSSR count). The molecule has 0 fully saturated rings. The summed E-state index contributed by atoms with van der Waals surface area (Å²) in [4.78, 5) is 14.2. The zero-order valence-electron chi connectivity index (χ0n) is 11.9. The summed E-state index contributed by atoms with van der Waals surface area (Å²) < 4.78 is 0.992. The van der Waals surface area contributed by atoms with Gasteiger partial charge in [0.05, 0.1) is 17.2 Å². The molecule has 0 bridgehead atoms. The normalized spacial score (nSPS) is 10.0. The van der Waals surface area contributed by atoms with Gasteiger partial charge in [0.25, 0.3) is 5.91 Å². The molecule has 0 saturated carbocycles. The molecule has 4 heteroatoms. The molecule has 3 nitrogen and oxygen atoms in total. The molecule has 0 atom stereocenters. The molecule has 0 aliphatic heterocycles. The highest BCUT2D eigenvalue weighted by Crippen LogP contribution is 2.19. The summed E-state index contributed by atoms with van der Waals surface area (Å²) in [5, 5.41) is 8.79. The van der Waals surface area contributed by atoms with E-state index < -0.39 is 0 Å². The summed E-state index contributed by atoms with van der Waals surface area (Å²) in [6.07, 6.45) is 0. The number of carbonyl (C=O) groups excluding carboxylic acids is 1. The Balaban J connectivity index is 2.15. The molecule has 2 aromatic rings. The van der Waals surface area contributed by atoms with Gasteiger partial charge in [-0.25, -0.2) is 0 Å². The van der Waals surface area contributed by atoms with E-state index in [1.165, 1.54) is 0 Å². The fourth-order valence-electron chi connectivity index (χ4n) is 2.05. The van der Waals surface area contributed by atoms with Crippen molar-refractivity contribution in [2.45, 2.75) is 13.5 Å². The minimum Gasteiger partial charge on any atom is -0.337 e. The first-order chi connectivity index (χ1) is 10.0. The topological polar surface area (TPSA) is 44.1 Å². The highest BCUT2D eigenvalue weighted by Gasteiger charge is 2.15. The minimum atomic E-state index is 0.00691. The number of amides is 1. The van der Waals surface area contributed by atoms with E-state index in [1.54, 1.807) is 24.1 Å². The van der Waals surface area contributed by atoms with Crippen molar-refractivity contribution in [2.75, 3.05) is 7.05 Å². The average Bonchev–Trinajstić information content (AvgIpc) is 2.50. The molecule has 0 saturated heterocycles. The van der Waals surface area contributed by atoms with Crippen LogP contribution >= 0.6 is 22.6 Å². The van der Waals surface area contributed by atoms with Gasteiger partial charge in [0, 0.05) is 17.2 Å². The third kappa shape index (κ3) is 3.61. The van der Waals surface area contributed by atoms with Crippen LogP contribution in [0.15, 0.2) is 42.5 Å². The Bertz CT molecular complexity index is 702. The maximum atomic E-state index is 12.5. The second-order valence-corrected chi connectivity index (χ2v) is 5.99. The fraction of sp³-hybridized carbons (Fsp3) is 0.176. The second kappa shape index (κ2) is 6.72. The van der Waals surface area contributed by atoms with Crippen molar-refractivity contribution in [3.05, 3.63) is 68.3 Å². The monoisotopic (exact) mass is 390 g/mol. The van der Waals surface area contributed by atoms with Crippen molar-refractivity contribution in [3.63, 3.8) is 0 Å². The van der Waals surface area contributed by atoms with Gasteiger partial charge in [0.1, 0.15) is 0 Å². The summed E-state index contributed by atoms with van der Waals surface area (Å²) in [6, 6.07) is 15.1. The van der Waals surface area contributed by atoms with Crippen molar-refractivity contribution in [1.29, 1.82) is 5.26 Å². The van der Waals surface area contributed by atoms with Gasteiger partial charge in [-0.05, 0) is 58.8 Å². The Kier molecular flexibility index (Phi) is 4.97. The predicted molar refractivity (Wildman–Crippen MR) is 90.9 cm³/mol. The predicted octanol–water partition coefficient (Wildman–Crippen LogP) is 3.74. The first-order valence-corrected chi connectivity index (χ1v) is 7.60. The molecule has 0 N–H and O–H groups in total. The molecule has 106 valence electrons. The number of hydrogen-bond donors (Lipinski definition) is 0. The average molecular weight is 390 g/mol. The van der Waals surface area contributed by atoms with Crippen molar-refractivity contribution in [1.82, 2.24) is 4.90 Å². The molecule has 0 heterocycles. The molecule has 0 radical (unpaired) electrons. The number of hydrogen-bond acceptors (Lipinski definition) is 2. The van der Waals surface area contributed by atoms with E-state index in [-0.39, 0.29) is 5.91 Å². The quantitative estimate of drug-likeness (QED) is 0.750. The molecule has 0 aromatic heterocycles. The van der Waals surface area contributed by atoms with Crippen LogP contribution in [0.5, 0.6) is 0 Å². The molecular formula is C17H15IN2O. The zero-order valence-corrected chi connectivity index (χ0v) is 14.1. The van der Waals surface area contributed by atoms with Gasteiger partial charge in [-0.1, -0.05) is 24.3 Å². The van der Waals surface area contributed by atoms with E-state index in [2.05, 4.69) is 28.7 Å². The maximum absolute atomic E-state index is 12.5. The lowest BCUT2D eigenvalue weighted by molar-refractivity contribution is 0.0784. The van der Waals surface area contributed by atoms with Crippen molar-refractivity contribution >= 4 is 28.5 Å². The van der Waals surface area contributed by atoms with Crippen LogP contribution < -0.4 is 0 Å². The molecule has 2 aromatic carbocycles. The standard InChI is InChI=1S/C17H15IN2O/c1-12-4-3-5-15(16(12)18)17(21)20(2)11-14-8-6-13(10-19)7-9-14/h3-9H,11H2,1-2H3. The zero-order chi connectivity index (χ0) is 15.4. The van der Waals surface area contributed by atoms with Crippen LogP contribution in [0.4, 0.5) is 0 Å². The highest BCUT2D eigenvalue weighted by molar-refractivity contribution is 14.1. The lowest BCUT2D eigenvalue weighted by atomic mass is 10.1. The summed E-state index contributed by atoms with van der Waals surface area (Å²) in [7, 11) is 1.79. The minimum absolute atomic E-state index is 0.00691. The van der Waals surface area contributed by atoms with Crippen LogP contribution in [0, 0.1) is 21.8 Å². The number of nitrogens with zero attached hydrogens (tertiary/aromatic N) is 2. The van der Waals surface area contributed by atoms with Crippen LogP contribution in [0.2, 0.25) is 0 Å². The number of halogens is 1. The Hall–Kier alpha value is -1.87. The first-order valence-electron chi connectivity index (χ1n) is 6.52. The Morgan fingerprint density at radius 1 is 1.24 bits per heavy atom. The lowest BCUT2D eigenvalue weighted by Gasteiger charge is -2.18. The molecule has 21 heavy (non-hydrogen) atoms. The summed E-state index contributed by atoms with van der Waals surface area (Å²) in [6.45, 7) is 2.52. The number of aryl methyl sites for hydroxylation is 1. The van der Waals surface area contributed by atoms with Gasteiger partial charge in [-0.3, -0.25) is 4.79 Å². The van der Waals surface area contributed by atoms with Crippen LogP contribution in [0.3, 0.4) is 0 Å². The summed E-state index contributed by atoms with van der Waals surface area (Å²) in [5.74, 6) is 0.00691. The van der Waals surface area contributed by atoms with Crippen LogP contribution in [0.25, 0.3) is 0 Å². The molecule has 0 aliphatic rings. The first kappa shape index (κ1) is 15.5. The Morgan fingerprint density at radius 3 is 2.52 bits per heavy atom. The van der Waals surface area contributed by atoms with Crippen molar-refractivity contribution < 1.29 is 4.79 Å². The smallest absolute Gasteiger partial charge is 0.254 e. The SMILES string of the molecule is Cc1cccc(C(=O)N(C)Cc2ccc(C#N)cc2)c1I. The molecule has 0 aliphatic carbocycles. The van der Waals surface area contributed by atoms with Gasteiger partial charge < -0.3 is 4.90 Å². The van der Waals surface area contributed by atoms with E-state index in [0.29, 0.717) is 12.1 Å². The molecule has 1 amide bonds. The van der Waals surface area contributed by atoms with Crippen LogP contribution in [0.1, 0.15) is 27.0 Å². The van der Waals surface area contributed by atoms with Gasteiger partial charge in [0.2, 0.25) is 0 Å². The van der Waals surface area contributed by atoms with Crippen LogP contribution in [-0.2, 0) is 6.54 Å². The van der Waals surface area contributed by atoms with Crippen LogP contribution in [-0.4, -0.2) is 17.9 Å². The van der Waals surface area contributed by atoms with Gasteiger partial charge in [-0.15, -0.1) is 0 Å². The number of carbonyl (C=O) groups is 1. The van der Waals surface area contributed by atoms with E-state index in [0.717, 1.165) is 20.3 Å². The lowest BCUT2D eigenvalue weighted by Crippen LogP contribution is -2.27. The van der Waals surface area contributed by atoms with E-state index in [4.69, 9.17) is 5.26 Å². The highest BCUT2D eigenvalue weighted by atomic mass is 127. The van der Waals surface area contributed by atoms with Gasteiger partial charge in [0.15, 0.2) is 0 Å². The molecular weight excluding hydrogens is 375 g/mol. The maximum Gasteiger partial charge on any atom is 0.254 e. The number of benzene rings is 2. The third-order valence-corrected chi connectivity index (χ3v) is 4.70. The third-order valence-electron chi connectivity index (χ3n) is 3.27. The number of nitriles is 1. The fourth-order valence-corrected chi connectivity index (χ4v) is 2.64. The van der Waals surface area contributed by atoms with Crippen molar-refractivity contribution in [3.8, 4) is 6.07 Å². The number of rotatable bonds is 3. The molecule has 0 spiro atoms. The molecule has 0 unspecified atom stereocenters. The van der Waals surface area contributed by atoms with Gasteiger partial charge >= 0.3 is 0 Å². The Morgan fingerprint density at radius 2 is 1.90 bits per heavy atom. The van der Waals surface area contributed by atoms with E-state index in [9.17, 15) is 4.79 Å². The van der Waals surface area contributed by atoms with E-state index in [1.807, 2.05) is 37.3 Å². The largest absolute Gasteiger partial charge is 0.337 e. The van der Waals surface area contributed by atoms with E-state index >= 15 is 0 Å². The van der Waals surface area contributed by atoms with Gasteiger partial charge in [-0.2, -0.15) is 5.26 Å².